The number of guanidine groups is 1. The molecule has 2 aromatic carbocycles. The second-order valence-corrected chi connectivity index (χ2v) is 9.15. The number of nitrogens with one attached hydrogen (secondary N) is 3. The van der Waals surface area contributed by atoms with Crippen molar-refractivity contribution in [1.82, 2.24) is 20.3 Å². The van der Waals surface area contributed by atoms with Gasteiger partial charge in [-0.15, -0.1) is 0 Å². The number of ether oxygens (including phenoxy) is 2. The fraction of sp³-hybridized carbons (Fsp3) is 0.160. The molecule has 0 fully saturated rings. The Morgan fingerprint density at radius 1 is 1.11 bits per heavy atom. The lowest BCUT2D eigenvalue weighted by Crippen LogP contribution is -2.32. The molecule has 1 aliphatic heterocycles. The van der Waals surface area contributed by atoms with Crippen LogP contribution in [0.25, 0.3) is 11.0 Å². The first kappa shape index (κ1) is 24.5. The summed E-state index contributed by atoms with van der Waals surface area (Å²) in [5, 5.41) is 24.9. The number of nitriles is 2. The van der Waals surface area contributed by atoms with Crippen molar-refractivity contribution >= 4 is 46.1 Å². The van der Waals surface area contributed by atoms with Gasteiger partial charge in [0, 0.05) is 22.9 Å². The summed E-state index contributed by atoms with van der Waals surface area (Å²) in [6.45, 7) is 0. The molecule has 0 aliphatic carbocycles. The molecule has 3 heterocycles. The topological polar surface area (TPSA) is 196 Å². The lowest BCUT2D eigenvalue weighted by atomic mass is 9.94. The average molecular weight is 527 g/mol. The maximum atomic E-state index is 9.57. The Balaban J connectivity index is 1.52. The SMILES string of the molecule is COc1ccc2nc(SCc3cc(C4N=C(NC#N)Nc5nc(N)c(C#N)c(N)c54)ccc3OC)[nH]c2c1. The molecule has 0 bridgehead atoms. The first-order valence-electron chi connectivity index (χ1n) is 11.3. The largest absolute Gasteiger partial charge is 0.497 e. The lowest BCUT2D eigenvalue weighted by Gasteiger charge is -2.26. The van der Waals surface area contributed by atoms with Crippen LogP contribution in [0.5, 0.6) is 11.5 Å². The molecule has 12 nitrogen and oxygen atoms in total. The number of aromatic amines is 1. The molecule has 2 aromatic heterocycles. The third-order valence-corrected chi connectivity index (χ3v) is 6.93. The maximum Gasteiger partial charge on any atom is 0.211 e. The number of fused-ring (bicyclic) bond motifs is 2. The highest BCUT2D eigenvalue weighted by molar-refractivity contribution is 7.98. The Morgan fingerprint density at radius 3 is 2.68 bits per heavy atom. The molecule has 0 spiro atoms. The van der Waals surface area contributed by atoms with E-state index in [0.717, 1.165) is 33.1 Å². The second-order valence-electron chi connectivity index (χ2n) is 8.19. The van der Waals surface area contributed by atoms with Crippen LogP contribution in [0.3, 0.4) is 0 Å². The van der Waals surface area contributed by atoms with Gasteiger partial charge in [-0.2, -0.15) is 10.5 Å². The molecular weight excluding hydrogens is 504 g/mol. The number of anilines is 3. The van der Waals surface area contributed by atoms with Crippen LogP contribution in [0.4, 0.5) is 17.3 Å². The number of hydrogen-bond donors (Lipinski definition) is 5. The zero-order valence-corrected chi connectivity index (χ0v) is 21.2. The number of aliphatic imine (C=N–C) groups is 1. The Labute approximate surface area is 221 Å². The summed E-state index contributed by atoms with van der Waals surface area (Å²) >= 11 is 1.52. The van der Waals surface area contributed by atoms with Gasteiger partial charge in [-0.05, 0) is 29.8 Å². The molecule has 5 rings (SSSR count). The van der Waals surface area contributed by atoms with Crippen molar-refractivity contribution in [2.45, 2.75) is 17.0 Å². The highest BCUT2D eigenvalue weighted by Gasteiger charge is 2.30. The summed E-state index contributed by atoms with van der Waals surface area (Å²) in [6.07, 6.45) is 1.85. The van der Waals surface area contributed by atoms with Gasteiger partial charge >= 0.3 is 0 Å². The first-order chi connectivity index (χ1) is 18.4. The third-order valence-electron chi connectivity index (χ3n) is 6.01. The van der Waals surface area contributed by atoms with Crippen molar-refractivity contribution in [2.24, 2.45) is 4.99 Å². The molecule has 4 aromatic rings. The fourth-order valence-electron chi connectivity index (χ4n) is 4.21. The van der Waals surface area contributed by atoms with E-state index >= 15 is 0 Å². The molecule has 7 N–H and O–H groups in total. The molecule has 1 unspecified atom stereocenters. The predicted octanol–water partition coefficient (Wildman–Crippen LogP) is 3.25. The van der Waals surface area contributed by atoms with Gasteiger partial charge < -0.3 is 31.2 Å². The number of benzene rings is 2. The van der Waals surface area contributed by atoms with E-state index in [1.165, 1.54) is 11.8 Å². The van der Waals surface area contributed by atoms with Crippen LogP contribution in [0.2, 0.25) is 0 Å². The van der Waals surface area contributed by atoms with Gasteiger partial charge in [0.15, 0.2) is 11.3 Å². The van der Waals surface area contributed by atoms with Gasteiger partial charge in [-0.3, -0.25) is 5.32 Å². The standard InChI is InChI=1S/C25H22N10O2S/c1-36-14-4-5-16-17(8-14)32-25(31-16)38-10-13-7-12(3-6-18(13)37-2)21-19-20(28)15(9-26)22(29)34-23(19)35-24(33-21)30-11-27/h3-8,21H,10H2,1-2H3,(H,31,32)(H6,28,29,30,33,34,35). The van der Waals surface area contributed by atoms with Crippen LogP contribution in [0.1, 0.15) is 28.3 Å². The van der Waals surface area contributed by atoms with Crippen LogP contribution < -0.4 is 31.6 Å². The third kappa shape index (κ3) is 4.42. The Bertz CT molecular complexity index is 1670. The van der Waals surface area contributed by atoms with Gasteiger partial charge in [0.05, 0.1) is 30.9 Å². The number of rotatable bonds is 6. The average Bonchev–Trinajstić information content (AvgIpc) is 3.33. The molecule has 13 heteroatoms. The number of imidazole rings is 1. The number of thioether (sulfide) groups is 1. The summed E-state index contributed by atoms with van der Waals surface area (Å²) in [6, 6.07) is 12.7. The van der Waals surface area contributed by atoms with E-state index in [1.807, 2.05) is 48.7 Å². The number of hydrogen-bond acceptors (Lipinski definition) is 12. The minimum Gasteiger partial charge on any atom is -0.497 e. The molecule has 1 aliphatic rings. The van der Waals surface area contributed by atoms with Crippen LogP contribution in [-0.2, 0) is 5.75 Å². The van der Waals surface area contributed by atoms with Gasteiger partial charge in [0.2, 0.25) is 5.96 Å². The maximum absolute atomic E-state index is 9.57. The van der Waals surface area contributed by atoms with E-state index in [9.17, 15) is 5.26 Å². The van der Waals surface area contributed by atoms with Crippen molar-refractivity contribution in [1.29, 1.82) is 10.5 Å². The number of methoxy groups -OCH3 is 2. The van der Waals surface area contributed by atoms with Crippen LogP contribution in [0.15, 0.2) is 46.5 Å². The van der Waals surface area contributed by atoms with Gasteiger partial charge in [-0.25, -0.2) is 15.0 Å². The molecule has 38 heavy (non-hydrogen) atoms. The minimum absolute atomic E-state index is 0.0107. The molecular formula is C25H22N10O2S. The molecule has 0 radical (unpaired) electrons. The molecule has 0 saturated heterocycles. The number of aromatic nitrogens is 3. The normalized spacial score (nSPS) is 14.0. The smallest absolute Gasteiger partial charge is 0.211 e. The Kier molecular flexibility index (Phi) is 6.51. The predicted molar refractivity (Wildman–Crippen MR) is 145 cm³/mol. The van der Waals surface area contributed by atoms with E-state index in [-0.39, 0.29) is 23.0 Å². The number of nitrogen functional groups attached to an aromatic ring is 2. The van der Waals surface area contributed by atoms with E-state index in [4.69, 9.17) is 26.2 Å². The van der Waals surface area contributed by atoms with Crippen LogP contribution >= 0.6 is 11.8 Å². The van der Waals surface area contributed by atoms with Gasteiger partial charge in [0.25, 0.3) is 0 Å². The van der Waals surface area contributed by atoms with Crippen molar-refractivity contribution in [3.63, 3.8) is 0 Å². The fourth-order valence-corrected chi connectivity index (χ4v) is 5.07. The Morgan fingerprint density at radius 2 is 1.95 bits per heavy atom. The summed E-state index contributed by atoms with van der Waals surface area (Å²) in [5.41, 5.74) is 16.4. The lowest BCUT2D eigenvalue weighted by molar-refractivity contribution is 0.411. The highest BCUT2D eigenvalue weighted by Crippen LogP contribution is 2.42. The van der Waals surface area contributed by atoms with E-state index in [0.29, 0.717) is 22.9 Å². The minimum atomic E-state index is -0.657. The zero-order chi connectivity index (χ0) is 26.8. The van der Waals surface area contributed by atoms with E-state index in [1.54, 1.807) is 14.2 Å². The zero-order valence-electron chi connectivity index (χ0n) is 20.4. The van der Waals surface area contributed by atoms with Crippen LogP contribution in [0, 0.1) is 22.8 Å². The number of H-pyrrole nitrogens is 1. The number of nitrogens with two attached hydrogens (primary N) is 2. The van der Waals surface area contributed by atoms with Crippen molar-refractivity contribution in [3.8, 4) is 23.8 Å². The van der Waals surface area contributed by atoms with E-state index in [2.05, 4.69) is 30.6 Å². The molecule has 1 atom stereocenters. The highest BCUT2D eigenvalue weighted by atomic mass is 32.2. The molecule has 0 saturated carbocycles. The quantitative estimate of drug-likeness (QED) is 0.140. The molecule has 190 valence electrons. The van der Waals surface area contributed by atoms with E-state index < -0.39 is 6.04 Å². The molecule has 0 amide bonds. The van der Waals surface area contributed by atoms with Crippen molar-refractivity contribution in [2.75, 3.05) is 31.0 Å². The number of pyridine rings is 1. The number of nitrogens with zero attached hydrogens (tertiary/aromatic N) is 5. The summed E-state index contributed by atoms with van der Waals surface area (Å²) < 4.78 is 10.9. The first-order valence-corrected chi connectivity index (χ1v) is 12.3. The van der Waals surface area contributed by atoms with Crippen molar-refractivity contribution in [3.05, 3.63) is 58.7 Å². The summed E-state index contributed by atoms with van der Waals surface area (Å²) in [5.74, 6) is 2.47. The summed E-state index contributed by atoms with van der Waals surface area (Å²) in [7, 11) is 3.23. The van der Waals surface area contributed by atoms with Gasteiger partial charge in [-0.1, -0.05) is 17.8 Å². The summed E-state index contributed by atoms with van der Waals surface area (Å²) in [4.78, 5) is 16.9. The Hall–Kier alpha value is -5.14. The second kappa shape index (κ2) is 10.1. The van der Waals surface area contributed by atoms with Crippen molar-refractivity contribution < 1.29 is 9.47 Å². The van der Waals surface area contributed by atoms with Crippen LogP contribution in [-0.4, -0.2) is 35.1 Å². The monoisotopic (exact) mass is 526 g/mol. The van der Waals surface area contributed by atoms with Gasteiger partial charge in [0.1, 0.15) is 40.8 Å².